The van der Waals surface area contributed by atoms with Gasteiger partial charge in [-0.25, -0.2) is 4.99 Å². The standard InChI is InChI=1S/C12H14N6OS/c1-16-10(19)9-5-6-4-7(2-3-8(6)20-9)17-12(15)18-11(13)14/h2-5H,1H3,(H,16,19)(H6,13,14,15,17,18). The lowest BCUT2D eigenvalue weighted by Crippen LogP contribution is -2.26. The molecule has 0 saturated heterocycles. The van der Waals surface area contributed by atoms with Crippen molar-refractivity contribution in [1.82, 2.24) is 5.32 Å². The minimum Gasteiger partial charge on any atom is -0.370 e. The molecule has 2 rings (SSSR count). The van der Waals surface area contributed by atoms with Crippen molar-refractivity contribution < 1.29 is 4.79 Å². The Morgan fingerprint density at radius 3 is 2.65 bits per heavy atom. The van der Waals surface area contributed by atoms with Crippen molar-refractivity contribution in [3.05, 3.63) is 29.1 Å². The molecule has 1 heterocycles. The number of amides is 1. The van der Waals surface area contributed by atoms with E-state index in [4.69, 9.17) is 17.2 Å². The third kappa shape index (κ3) is 3.04. The summed E-state index contributed by atoms with van der Waals surface area (Å²) in [6.07, 6.45) is 0. The van der Waals surface area contributed by atoms with Gasteiger partial charge in [0.1, 0.15) is 0 Å². The lowest BCUT2D eigenvalue weighted by atomic mass is 10.2. The number of aliphatic imine (C=N–C) groups is 2. The molecule has 0 aliphatic carbocycles. The number of fused-ring (bicyclic) bond motifs is 1. The third-order valence-corrected chi connectivity index (χ3v) is 3.55. The predicted octanol–water partition coefficient (Wildman–Crippen LogP) is 0.481. The molecule has 1 aromatic heterocycles. The van der Waals surface area contributed by atoms with E-state index in [0.717, 1.165) is 10.1 Å². The first-order chi connectivity index (χ1) is 9.49. The number of nitrogens with two attached hydrogens (primary N) is 3. The zero-order chi connectivity index (χ0) is 14.7. The number of guanidine groups is 2. The second-order valence-corrected chi connectivity index (χ2v) is 5.00. The first-order valence-electron chi connectivity index (χ1n) is 5.69. The maximum absolute atomic E-state index is 11.6. The van der Waals surface area contributed by atoms with Gasteiger partial charge in [-0.15, -0.1) is 11.3 Å². The van der Waals surface area contributed by atoms with Gasteiger partial charge in [-0.2, -0.15) is 4.99 Å². The van der Waals surface area contributed by atoms with Crippen LogP contribution in [0.3, 0.4) is 0 Å². The molecule has 1 aromatic carbocycles. The maximum Gasteiger partial charge on any atom is 0.261 e. The first-order valence-corrected chi connectivity index (χ1v) is 6.50. The molecule has 0 saturated carbocycles. The van der Waals surface area contributed by atoms with Gasteiger partial charge in [-0.3, -0.25) is 4.79 Å². The summed E-state index contributed by atoms with van der Waals surface area (Å²) in [5, 5.41) is 3.50. The smallest absolute Gasteiger partial charge is 0.261 e. The summed E-state index contributed by atoms with van der Waals surface area (Å²) in [5.41, 5.74) is 16.6. The van der Waals surface area contributed by atoms with Crippen molar-refractivity contribution in [2.75, 3.05) is 7.05 Å². The van der Waals surface area contributed by atoms with Gasteiger partial charge in [0.2, 0.25) is 5.96 Å². The van der Waals surface area contributed by atoms with Crippen LogP contribution in [0.4, 0.5) is 5.69 Å². The highest BCUT2D eigenvalue weighted by Crippen LogP contribution is 2.29. The van der Waals surface area contributed by atoms with Crippen LogP contribution in [-0.4, -0.2) is 24.9 Å². The number of nitrogens with zero attached hydrogens (tertiary/aromatic N) is 2. The Bertz CT molecular complexity index is 714. The van der Waals surface area contributed by atoms with Crippen LogP contribution in [0.25, 0.3) is 10.1 Å². The predicted molar refractivity (Wildman–Crippen MR) is 82.3 cm³/mol. The molecular formula is C12H14N6OS. The van der Waals surface area contributed by atoms with Crippen LogP contribution < -0.4 is 22.5 Å². The highest BCUT2D eigenvalue weighted by atomic mass is 32.1. The zero-order valence-electron chi connectivity index (χ0n) is 10.8. The van der Waals surface area contributed by atoms with Crippen molar-refractivity contribution in [1.29, 1.82) is 0 Å². The van der Waals surface area contributed by atoms with Crippen LogP contribution in [0.1, 0.15) is 9.67 Å². The molecule has 7 nitrogen and oxygen atoms in total. The number of carbonyl (C=O) groups excluding carboxylic acids is 1. The van der Waals surface area contributed by atoms with E-state index in [0.29, 0.717) is 10.6 Å². The fraction of sp³-hybridized carbons (Fsp3) is 0.0833. The SMILES string of the molecule is CNC(=O)c1cc2cc(N=C(N)N=C(N)N)ccc2s1. The molecule has 104 valence electrons. The minimum absolute atomic E-state index is 0.0221. The van der Waals surface area contributed by atoms with Gasteiger partial charge in [0.25, 0.3) is 5.91 Å². The van der Waals surface area contributed by atoms with E-state index >= 15 is 0 Å². The molecule has 0 radical (unpaired) electrons. The lowest BCUT2D eigenvalue weighted by molar-refractivity contribution is 0.0967. The molecule has 2 aromatic rings. The highest BCUT2D eigenvalue weighted by Gasteiger charge is 2.08. The number of rotatable bonds is 2. The third-order valence-electron chi connectivity index (χ3n) is 2.44. The molecule has 0 aliphatic rings. The Kier molecular flexibility index (Phi) is 3.85. The van der Waals surface area contributed by atoms with Crippen molar-refractivity contribution in [2.45, 2.75) is 0 Å². The molecule has 20 heavy (non-hydrogen) atoms. The van der Waals surface area contributed by atoms with Crippen molar-refractivity contribution in [3.63, 3.8) is 0 Å². The van der Waals surface area contributed by atoms with E-state index in [-0.39, 0.29) is 17.8 Å². The Morgan fingerprint density at radius 1 is 1.25 bits per heavy atom. The van der Waals surface area contributed by atoms with E-state index in [1.54, 1.807) is 19.2 Å². The van der Waals surface area contributed by atoms with E-state index in [1.807, 2.05) is 12.1 Å². The van der Waals surface area contributed by atoms with Gasteiger partial charge < -0.3 is 22.5 Å². The maximum atomic E-state index is 11.6. The molecular weight excluding hydrogens is 276 g/mol. The van der Waals surface area contributed by atoms with Gasteiger partial charge in [-0.1, -0.05) is 0 Å². The summed E-state index contributed by atoms with van der Waals surface area (Å²) in [5.74, 6) is -0.285. The van der Waals surface area contributed by atoms with Gasteiger partial charge in [0.05, 0.1) is 10.6 Å². The summed E-state index contributed by atoms with van der Waals surface area (Å²) >= 11 is 1.41. The average Bonchev–Trinajstić information content (AvgIpc) is 2.79. The Hall–Kier alpha value is -2.61. The number of hydrogen-bond donors (Lipinski definition) is 4. The summed E-state index contributed by atoms with van der Waals surface area (Å²) in [6, 6.07) is 7.26. The molecule has 0 aliphatic heterocycles. The lowest BCUT2D eigenvalue weighted by Gasteiger charge is -1.96. The molecule has 7 N–H and O–H groups in total. The van der Waals surface area contributed by atoms with Crippen LogP contribution in [0.5, 0.6) is 0 Å². The molecule has 1 amide bonds. The van der Waals surface area contributed by atoms with Gasteiger partial charge in [0, 0.05) is 11.7 Å². The van der Waals surface area contributed by atoms with Gasteiger partial charge >= 0.3 is 0 Å². The summed E-state index contributed by atoms with van der Waals surface area (Å²) in [4.78, 5) is 19.9. The van der Waals surface area contributed by atoms with Crippen LogP contribution in [0, 0.1) is 0 Å². The van der Waals surface area contributed by atoms with E-state index in [2.05, 4.69) is 15.3 Å². The quantitative estimate of drug-likeness (QED) is 0.473. The number of nitrogens with one attached hydrogen (secondary N) is 1. The number of hydrogen-bond acceptors (Lipinski definition) is 3. The summed E-state index contributed by atoms with van der Waals surface area (Å²) < 4.78 is 0.989. The Balaban J connectivity index is 2.39. The molecule has 8 heteroatoms. The fourth-order valence-electron chi connectivity index (χ4n) is 1.62. The van der Waals surface area contributed by atoms with E-state index in [1.165, 1.54) is 11.3 Å². The monoisotopic (exact) mass is 290 g/mol. The largest absolute Gasteiger partial charge is 0.370 e. The Morgan fingerprint density at radius 2 is 2.00 bits per heavy atom. The molecule has 0 spiro atoms. The second kappa shape index (κ2) is 5.57. The fourth-order valence-corrected chi connectivity index (χ4v) is 2.61. The van der Waals surface area contributed by atoms with Crippen LogP contribution in [0.15, 0.2) is 34.3 Å². The zero-order valence-corrected chi connectivity index (χ0v) is 11.6. The molecule has 0 bridgehead atoms. The number of carbonyl (C=O) groups is 1. The normalized spacial score (nSPS) is 11.3. The van der Waals surface area contributed by atoms with E-state index < -0.39 is 0 Å². The van der Waals surface area contributed by atoms with Crippen molar-refractivity contribution in [2.24, 2.45) is 27.2 Å². The average molecular weight is 290 g/mol. The highest BCUT2D eigenvalue weighted by molar-refractivity contribution is 7.20. The summed E-state index contributed by atoms with van der Waals surface area (Å²) in [7, 11) is 1.60. The topological polar surface area (TPSA) is 132 Å². The number of thiophene rings is 1. The first kappa shape index (κ1) is 13.8. The van der Waals surface area contributed by atoms with Crippen molar-refractivity contribution >= 4 is 44.9 Å². The molecule has 0 unspecified atom stereocenters. The van der Waals surface area contributed by atoms with Gasteiger partial charge in [-0.05, 0) is 29.7 Å². The number of benzene rings is 1. The van der Waals surface area contributed by atoms with Gasteiger partial charge in [0.15, 0.2) is 5.96 Å². The van der Waals surface area contributed by atoms with Crippen LogP contribution in [0.2, 0.25) is 0 Å². The summed E-state index contributed by atoms with van der Waals surface area (Å²) in [6.45, 7) is 0. The Labute approximate surface area is 119 Å². The van der Waals surface area contributed by atoms with E-state index in [9.17, 15) is 4.79 Å². The minimum atomic E-state index is -0.148. The second-order valence-electron chi connectivity index (χ2n) is 3.92. The van der Waals surface area contributed by atoms with Crippen LogP contribution in [-0.2, 0) is 0 Å². The van der Waals surface area contributed by atoms with Crippen LogP contribution >= 0.6 is 11.3 Å². The molecule has 0 atom stereocenters. The van der Waals surface area contributed by atoms with Crippen molar-refractivity contribution in [3.8, 4) is 0 Å². The molecule has 0 fully saturated rings.